The molecule has 1 amide bonds. The Morgan fingerprint density at radius 2 is 2.03 bits per heavy atom. The van der Waals surface area contributed by atoms with E-state index in [0.29, 0.717) is 38.4 Å². The second-order valence-electron chi connectivity index (χ2n) is 6.42. The molecule has 0 radical (unpaired) electrons. The van der Waals surface area contributed by atoms with Gasteiger partial charge in [0.05, 0.1) is 34.2 Å². The van der Waals surface area contributed by atoms with Crippen molar-refractivity contribution in [2.24, 2.45) is 5.10 Å². The lowest BCUT2D eigenvalue weighted by atomic mass is 10.2. The molecule has 12 heteroatoms. The number of nitro groups is 1. The molecule has 1 heterocycles. The maximum Gasteiger partial charge on any atom is 0.343 e. The number of fused-ring (bicyclic) bond motifs is 1. The summed E-state index contributed by atoms with van der Waals surface area (Å²) < 4.78 is 16.9. The van der Waals surface area contributed by atoms with E-state index in [4.69, 9.17) is 9.47 Å². The topological polar surface area (TPSA) is 129 Å². The molecule has 0 bridgehead atoms. The highest BCUT2D eigenvalue weighted by atomic mass is 79.9. The molecule has 0 aliphatic heterocycles. The minimum atomic E-state index is -0.534. The second kappa shape index (κ2) is 10.9. The Labute approximate surface area is 200 Å². The molecule has 2 aromatic carbocycles. The van der Waals surface area contributed by atoms with Gasteiger partial charge in [0.15, 0.2) is 18.1 Å². The van der Waals surface area contributed by atoms with Crippen molar-refractivity contribution >= 4 is 61.1 Å². The van der Waals surface area contributed by atoms with Crippen LogP contribution in [-0.2, 0) is 9.53 Å². The van der Waals surface area contributed by atoms with E-state index in [-0.39, 0.29) is 12.3 Å². The summed E-state index contributed by atoms with van der Waals surface area (Å²) in [5, 5.41) is 15.5. The largest absolute Gasteiger partial charge is 0.490 e. The SMILES string of the molecule is CCOc1cc(/C=N\NC(=O)c2cc3cc([N+](=O)[O-])ccc3s2)cc(Br)c1OCC(=O)OC. The van der Waals surface area contributed by atoms with Crippen molar-refractivity contribution in [1.82, 2.24) is 5.43 Å². The molecule has 10 nitrogen and oxygen atoms in total. The summed E-state index contributed by atoms with van der Waals surface area (Å²) in [6.07, 6.45) is 1.42. The van der Waals surface area contributed by atoms with Crippen LogP contribution in [0.2, 0.25) is 0 Å². The van der Waals surface area contributed by atoms with Gasteiger partial charge in [-0.25, -0.2) is 10.2 Å². The predicted octanol–water partition coefficient (Wildman–Crippen LogP) is 4.29. The third-order valence-corrected chi connectivity index (χ3v) is 5.91. The molecule has 0 saturated carbocycles. The Hall–Kier alpha value is -3.51. The third kappa shape index (κ3) is 6.05. The second-order valence-corrected chi connectivity index (χ2v) is 8.35. The highest BCUT2D eigenvalue weighted by molar-refractivity contribution is 9.10. The molecule has 0 aliphatic carbocycles. The van der Waals surface area contributed by atoms with E-state index < -0.39 is 16.8 Å². The van der Waals surface area contributed by atoms with Crippen molar-refractivity contribution in [2.75, 3.05) is 20.3 Å². The van der Waals surface area contributed by atoms with Crippen molar-refractivity contribution in [1.29, 1.82) is 0 Å². The molecular weight excluding hydrogens is 518 g/mol. The van der Waals surface area contributed by atoms with E-state index in [0.717, 1.165) is 4.70 Å². The summed E-state index contributed by atoms with van der Waals surface area (Å²) in [5.74, 6) is -0.261. The van der Waals surface area contributed by atoms with E-state index >= 15 is 0 Å². The van der Waals surface area contributed by atoms with Crippen molar-refractivity contribution in [2.45, 2.75) is 6.92 Å². The first-order valence-electron chi connectivity index (χ1n) is 9.49. The Bertz CT molecular complexity index is 1240. The fraction of sp³-hybridized carbons (Fsp3) is 0.190. The quantitative estimate of drug-likeness (QED) is 0.187. The fourth-order valence-corrected chi connectivity index (χ4v) is 4.24. The monoisotopic (exact) mass is 535 g/mol. The van der Waals surface area contributed by atoms with E-state index in [1.165, 1.54) is 36.8 Å². The van der Waals surface area contributed by atoms with Gasteiger partial charge in [0.2, 0.25) is 0 Å². The van der Waals surface area contributed by atoms with Crippen LogP contribution in [0.3, 0.4) is 0 Å². The lowest BCUT2D eigenvalue weighted by Crippen LogP contribution is -2.16. The molecule has 0 unspecified atom stereocenters. The molecule has 0 spiro atoms. The van der Waals surface area contributed by atoms with Gasteiger partial charge >= 0.3 is 5.97 Å². The zero-order chi connectivity index (χ0) is 24.0. The molecule has 1 aromatic heterocycles. The highest BCUT2D eigenvalue weighted by Crippen LogP contribution is 2.36. The molecule has 0 aliphatic rings. The van der Waals surface area contributed by atoms with Gasteiger partial charge in [0, 0.05) is 22.2 Å². The minimum absolute atomic E-state index is 0.0417. The first kappa shape index (κ1) is 24.1. The van der Waals surface area contributed by atoms with Gasteiger partial charge in [-0.3, -0.25) is 14.9 Å². The molecule has 0 atom stereocenters. The summed E-state index contributed by atoms with van der Waals surface area (Å²) in [6, 6.07) is 9.33. The molecule has 172 valence electrons. The number of nitrogens with one attached hydrogen (secondary N) is 1. The third-order valence-electron chi connectivity index (χ3n) is 4.21. The zero-order valence-corrected chi connectivity index (χ0v) is 19.9. The van der Waals surface area contributed by atoms with Crippen LogP contribution in [0.4, 0.5) is 5.69 Å². The lowest BCUT2D eigenvalue weighted by molar-refractivity contribution is -0.384. The number of carbonyl (C=O) groups excluding carboxylic acids is 2. The molecule has 3 rings (SSSR count). The van der Waals surface area contributed by atoms with Crippen LogP contribution in [0.25, 0.3) is 10.1 Å². The van der Waals surface area contributed by atoms with E-state index in [1.54, 1.807) is 31.2 Å². The molecule has 1 N–H and O–H groups in total. The summed E-state index contributed by atoms with van der Waals surface area (Å²) >= 11 is 4.59. The number of esters is 1. The number of carbonyl (C=O) groups is 2. The Morgan fingerprint density at radius 1 is 1.24 bits per heavy atom. The number of nitrogens with zero attached hydrogens (tertiary/aromatic N) is 2. The van der Waals surface area contributed by atoms with Gasteiger partial charge < -0.3 is 14.2 Å². The number of ether oxygens (including phenoxy) is 3. The molecule has 0 saturated heterocycles. The van der Waals surface area contributed by atoms with Crippen LogP contribution in [0.1, 0.15) is 22.2 Å². The fourth-order valence-electron chi connectivity index (χ4n) is 2.73. The first-order chi connectivity index (χ1) is 15.8. The minimum Gasteiger partial charge on any atom is -0.490 e. The van der Waals surface area contributed by atoms with Gasteiger partial charge in [0.1, 0.15) is 0 Å². The number of halogens is 1. The number of methoxy groups -OCH3 is 1. The number of rotatable bonds is 9. The van der Waals surface area contributed by atoms with Crippen LogP contribution in [0.15, 0.2) is 46.0 Å². The predicted molar refractivity (Wildman–Crippen MR) is 126 cm³/mol. The van der Waals surface area contributed by atoms with E-state index in [9.17, 15) is 19.7 Å². The number of non-ortho nitro benzene ring substituents is 1. The van der Waals surface area contributed by atoms with Crippen molar-refractivity contribution < 1.29 is 28.7 Å². The standard InChI is InChI=1S/C21H18BrN3O7S/c1-3-31-16-7-12(6-15(22)20(16)32-11-19(26)30-2)10-23-24-21(27)18-9-13-8-14(25(28)29)4-5-17(13)33-18/h4-10H,3,11H2,1-2H3,(H,24,27)/b23-10-. The van der Waals surface area contributed by atoms with E-state index in [2.05, 4.69) is 31.2 Å². The molecule has 33 heavy (non-hydrogen) atoms. The van der Waals surface area contributed by atoms with Crippen LogP contribution < -0.4 is 14.9 Å². The van der Waals surface area contributed by atoms with E-state index in [1.807, 2.05) is 0 Å². The van der Waals surface area contributed by atoms with Crippen molar-refractivity contribution in [3.05, 3.63) is 61.4 Å². The lowest BCUT2D eigenvalue weighted by Gasteiger charge is -2.13. The van der Waals surface area contributed by atoms with Crippen molar-refractivity contribution in [3.8, 4) is 11.5 Å². The number of hydrazone groups is 1. The maximum absolute atomic E-state index is 12.4. The van der Waals surface area contributed by atoms with Gasteiger partial charge in [0.25, 0.3) is 11.6 Å². The number of hydrogen-bond acceptors (Lipinski definition) is 9. The molecule has 0 fully saturated rings. The van der Waals surface area contributed by atoms with Crippen LogP contribution in [0.5, 0.6) is 11.5 Å². The molecule has 3 aromatic rings. The van der Waals surface area contributed by atoms with Crippen LogP contribution in [0, 0.1) is 10.1 Å². The van der Waals surface area contributed by atoms with Gasteiger partial charge in [-0.15, -0.1) is 11.3 Å². The summed E-state index contributed by atoms with van der Waals surface area (Å²) in [6.45, 7) is 1.89. The van der Waals surface area contributed by atoms with Crippen LogP contribution >= 0.6 is 27.3 Å². The van der Waals surface area contributed by atoms with Gasteiger partial charge in [-0.2, -0.15) is 5.10 Å². The Kier molecular flexibility index (Phi) is 7.96. The maximum atomic E-state index is 12.4. The average molecular weight is 536 g/mol. The summed E-state index contributed by atoms with van der Waals surface area (Å²) in [4.78, 5) is 34.6. The highest BCUT2D eigenvalue weighted by Gasteiger charge is 2.15. The Balaban J connectivity index is 1.73. The van der Waals surface area contributed by atoms with Crippen molar-refractivity contribution in [3.63, 3.8) is 0 Å². The summed E-state index contributed by atoms with van der Waals surface area (Å²) in [5.41, 5.74) is 3.00. The van der Waals surface area contributed by atoms with Gasteiger partial charge in [-0.1, -0.05) is 0 Å². The molecular formula is C21H18BrN3O7S. The smallest absolute Gasteiger partial charge is 0.343 e. The van der Waals surface area contributed by atoms with Crippen LogP contribution in [-0.4, -0.2) is 43.3 Å². The number of benzene rings is 2. The number of amides is 1. The number of nitro benzene ring substituents is 1. The first-order valence-corrected chi connectivity index (χ1v) is 11.1. The Morgan fingerprint density at radius 3 is 2.73 bits per heavy atom. The number of thiophene rings is 1. The average Bonchev–Trinajstić information content (AvgIpc) is 3.22. The van der Waals surface area contributed by atoms with Gasteiger partial charge in [-0.05, 0) is 52.7 Å². The number of hydrogen-bond donors (Lipinski definition) is 1. The normalized spacial score (nSPS) is 10.9. The zero-order valence-electron chi connectivity index (χ0n) is 17.5. The summed E-state index contributed by atoms with van der Waals surface area (Å²) in [7, 11) is 1.26.